The molecule has 0 amide bonds. The average molecular weight is 524 g/mol. The van der Waals surface area contributed by atoms with Crippen LogP contribution in [0.5, 0.6) is 6.01 Å². The van der Waals surface area contributed by atoms with Crippen molar-refractivity contribution in [2.45, 2.75) is 18.4 Å². The number of carboxylic acids is 2. The van der Waals surface area contributed by atoms with Gasteiger partial charge in [-0.3, -0.25) is 18.9 Å². The number of nitrogens with zero attached hydrogens (tertiary/aromatic N) is 1. The van der Waals surface area contributed by atoms with Gasteiger partial charge in [0.1, 0.15) is 0 Å². The third-order valence-corrected chi connectivity index (χ3v) is 4.84. The van der Waals surface area contributed by atoms with Crippen molar-refractivity contribution >= 4 is 43.0 Å². The molecule has 0 saturated carbocycles. The summed E-state index contributed by atoms with van der Waals surface area (Å²) in [7, 11) is -4.41. The molecular weight excluding hydrogens is 506 g/mol. The summed E-state index contributed by atoms with van der Waals surface area (Å²) in [5, 5.41) is 26.0. The standard InChI is InChI=1S/C9H10N2O7.C7H6O4S2.2Na.2H/c12-5(13)3-9(17,7(15)16)4-6(14)18-8-10-1-2-11-8;8-7(12-13(9,10)11)6-4-2-1-3-5-6;;;;/h1-2,17H,3-4H2,(H,10,11)(H,12,13)(H,15,16);1-5H,(H,9,10,11);;;;/q;;2*+1;2*-1. The minimum absolute atomic E-state index is 0. The minimum atomic E-state index is -4.30. The molecule has 5 N–H and O–H groups in total. The van der Waals surface area contributed by atoms with Gasteiger partial charge in [0.2, 0.25) is 5.12 Å². The number of carbonyl (C=O) groups is 4. The normalized spacial score (nSPS) is 11.8. The summed E-state index contributed by atoms with van der Waals surface area (Å²) in [5.41, 5.74) is -2.47. The molecule has 172 valence electrons. The van der Waals surface area contributed by atoms with Crippen LogP contribution in [0.4, 0.5) is 0 Å². The van der Waals surface area contributed by atoms with E-state index >= 15 is 0 Å². The van der Waals surface area contributed by atoms with Gasteiger partial charge < -0.3 is 27.9 Å². The molecule has 0 aliphatic rings. The number of imidazole rings is 1. The molecule has 0 spiro atoms. The molecular formula is C16H18N2Na2O11S2. The van der Waals surface area contributed by atoms with Gasteiger partial charge in [0.05, 0.1) is 23.6 Å². The maximum absolute atomic E-state index is 11.3. The van der Waals surface area contributed by atoms with E-state index in [1.54, 1.807) is 18.2 Å². The van der Waals surface area contributed by atoms with E-state index in [9.17, 15) is 32.7 Å². The number of hydrogen-bond acceptors (Lipinski definition) is 10. The van der Waals surface area contributed by atoms with E-state index in [4.69, 9.17) is 14.8 Å². The van der Waals surface area contributed by atoms with Crippen molar-refractivity contribution in [3.8, 4) is 6.01 Å². The third-order valence-electron chi connectivity index (χ3n) is 3.15. The maximum atomic E-state index is 11.3. The van der Waals surface area contributed by atoms with Gasteiger partial charge in [-0.25, -0.2) is 9.78 Å². The third kappa shape index (κ3) is 13.9. The number of carbonyl (C=O) groups excluding carboxylic acids is 2. The molecule has 1 unspecified atom stereocenters. The fraction of sp³-hybridized carbons (Fsp3) is 0.188. The predicted molar refractivity (Wildman–Crippen MR) is 106 cm³/mol. The van der Waals surface area contributed by atoms with Gasteiger partial charge in [-0.15, -0.1) is 0 Å². The number of ether oxygens (including phenoxy) is 1. The van der Waals surface area contributed by atoms with Crippen molar-refractivity contribution in [3.63, 3.8) is 0 Å². The van der Waals surface area contributed by atoms with Crippen molar-refractivity contribution in [2.75, 3.05) is 0 Å². The molecule has 0 bridgehead atoms. The molecule has 2 rings (SSSR count). The Balaban J connectivity index is -0.000000256. The zero-order valence-corrected chi connectivity index (χ0v) is 23.0. The number of hydrogen-bond donors (Lipinski definition) is 5. The fourth-order valence-electron chi connectivity index (χ4n) is 1.87. The zero-order chi connectivity index (χ0) is 23.7. The smallest absolute Gasteiger partial charge is 1.00 e. The van der Waals surface area contributed by atoms with Crippen molar-refractivity contribution in [1.29, 1.82) is 0 Å². The summed E-state index contributed by atoms with van der Waals surface area (Å²) in [6.07, 6.45) is 0.539. The summed E-state index contributed by atoms with van der Waals surface area (Å²) < 4.78 is 33.5. The molecule has 0 saturated heterocycles. The Hall–Kier alpha value is -1.27. The van der Waals surface area contributed by atoms with Crippen LogP contribution in [0.3, 0.4) is 0 Å². The van der Waals surface area contributed by atoms with Crippen LogP contribution in [0.25, 0.3) is 0 Å². The fourth-order valence-corrected chi connectivity index (χ4v) is 3.16. The molecule has 0 aliphatic heterocycles. The molecule has 0 aliphatic carbocycles. The summed E-state index contributed by atoms with van der Waals surface area (Å²) in [6, 6.07) is 7.69. The van der Waals surface area contributed by atoms with Crippen molar-refractivity contribution < 1.29 is 114 Å². The van der Waals surface area contributed by atoms with E-state index in [0.29, 0.717) is 0 Å². The Morgan fingerprint density at radius 2 is 1.67 bits per heavy atom. The van der Waals surface area contributed by atoms with Crippen LogP contribution in [0.1, 0.15) is 26.1 Å². The summed E-state index contributed by atoms with van der Waals surface area (Å²) in [4.78, 5) is 49.5. The maximum Gasteiger partial charge on any atom is 1.00 e. The molecule has 0 fully saturated rings. The number of carboxylic acid groups (broad SMARTS) is 2. The Morgan fingerprint density at radius 1 is 1.09 bits per heavy atom. The van der Waals surface area contributed by atoms with Crippen LogP contribution in [-0.4, -0.2) is 66.9 Å². The van der Waals surface area contributed by atoms with E-state index in [1.165, 1.54) is 24.5 Å². The zero-order valence-electron chi connectivity index (χ0n) is 19.4. The first-order valence-corrected chi connectivity index (χ1v) is 10.7. The number of aromatic amines is 1. The molecule has 13 nitrogen and oxygen atoms in total. The Morgan fingerprint density at radius 3 is 2.09 bits per heavy atom. The minimum Gasteiger partial charge on any atom is -1.00 e. The van der Waals surface area contributed by atoms with Crippen LogP contribution in [0.15, 0.2) is 42.7 Å². The number of esters is 1. The largest absolute Gasteiger partial charge is 1.00 e. The van der Waals surface area contributed by atoms with Gasteiger partial charge in [-0.05, 0) is 0 Å². The van der Waals surface area contributed by atoms with Gasteiger partial charge in [0.15, 0.2) is 5.60 Å². The van der Waals surface area contributed by atoms with E-state index in [0.717, 1.165) is 0 Å². The second-order valence-corrected chi connectivity index (χ2v) is 8.77. The number of nitrogens with one attached hydrogen (secondary N) is 1. The van der Waals surface area contributed by atoms with Crippen LogP contribution in [0, 0.1) is 0 Å². The van der Waals surface area contributed by atoms with Crippen molar-refractivity contribution in [3.05, 3.63) is 48.3 Å². The molecule has 1 heterocycles. The monoisotopic (exact) mass is 524 g/mol. The predicted octanol–water partition coefficient (Wildman–Crippen LogP) is -5.41. The van der Waals surface area contributed by atoms with E-state index in [2.05, 4.69) is 14.7 Å². The van der Waals surface area contributed by atoms with Crippen molar-refractivity contribution in [2.24, 2.45) is 0 Å². The summed E-state index contributed by atoms with van der Waals surface area (Å²) >= 11 is 0. The van der Waals surface area contributed by atoms with Gasteiger partial charge in [-0.2, -0.15) is 8.42 Å². The van der Waals surface area contributed by atoms with Crippen LogP contribution < -0.4 is 63.9 Å². The molecule has 1 aromatic heterocycles. The second kappa shape index (κ2) is 15.6. The molecule has 33 heavy (non-hydrogen) atoms. The number of aliphatic hydroxyl groups is 1. The van der Waals surface area contributed by atoms with Gasteiger partial charge in [0.25, 0.3) is 0 Å². The average Bonchev–Trinajstić information content (AvgIpc) is 3.13. The Labute approximate surface area is 238 Å². The molecule has 0 radical (unpaired) electrons. The van der Waals surface area contributed by atoms with Crippen LogP contribution >= 0.6 is 10.8 Å². The topological polar surface area (TPSA) is 221 Å². The Kier molecular flexibility index (Phi) is 16.0. The number of H-pyrrole nitrogens is 1. The van der Waals surface area contributed by atoms with E-state index in [1.807, 2.05) is 0 Å². The summed E-state index contributed by atoms with van der Waals surface area (Å²) in [6.45, 7) is 0. The van der Waals surface area contributed by atoms with Crippen molar-refractivity contribution in [1.82, 2.24) is 9.97 Å². The van der Waals surface area contributed by atoms with Crippen LogP contribution in [0.2, 0.25) is 0 Å². The van der Waals surface area contributed by atoms with E-state index < -0.39 is 50.6 Å². The van der Waals surface area contributed by atoms with Crippen LogP contribution in [-0.2, 0) is 23.5 Å². The number of aromatic nitrogens is 2. The first-order valence-electron chi connectivity index (χ1n) is 7.96. The summed E-state index contributed by atoms with van der Waals surface area (Å²) in [5.74, 6) is -4.48. The Bertz CT molecular complexity index is 1050. The first kappa shape index (κ1) is 33.9. The van der Waals surface area contributed by atoms with Gasteiger partial charge in [0, 0.05) is 18.0 Å². The second-order valence-electron chi connectivity index (χ2n) is 5.62. The van der Waals surface area contributed by atoms with E-state index in [-0.39, 0.29) is 84.3 Å². The molecule has 2 aromatic rings. The number of aliphatic carboxylic acids is 2. The number of rotatable bonds is 8. The van der Waals surface area contributed by atoms with Gasteiger partial charge in [-0.1, -0.05) is 30.3 Å². The number of benzene rings is 1. The molecule has 1 atom stereocenters. The van der Waals surface area contributed by atoms with Gasteiger partial charge >= 0.3 is 92.2 Å². The SMILES string of the molecule is O=C(O)CC(O)(CC(=O)Oc1ncc[nH]1)C(=O)O.O=C(SS(=O)(=O)O)c1ccccc1.[H-].[H-].[Na+].[Na+]. The molecule has 17 heteroatoms. The first-order chi connectivity index (χ1) is 14.3. The quantitative estimate of drug-likeness (QED) is 0.0943. The molecule has 1 aromatic carbocycles.